The van der Waals surface area contributed by atoms with E-state index < -0.39 is 11.3 Å². The lowest BCUT2D eigenvalue weighted by Gasteiger charge is -2.40. The summed E-state index contributed by atoms with van der Waals surface area (Å²) in [6.07, 6.45) is 6.27. The first-order valence-electron chi connectivity index (χ1n) is 11.4. The molecule has 1 aliphatic heterocycles. The van der Waals surface area contributed by atoms with Crippen LogP contribution in [0.3, 0.4) is 0 Å². The van der Waals surface area contributed by atoms with E-state index in [4.69, 9.17) is 4.74 Å². The zero-order valence-electron chi connectivity index (χ0n) is 18.9. The molecule has 0 radical (unpaired) electrons. The number of anilines is 1. The maximum Gasteiger partial charge on any atom is 0.228 e. The van der Waals surface area contributed by atoms with Crippen molar-refractivity contribution in [1.82, 2.24) is 4.90 Å². The number of allylic oxidation sites excluding steroid dienone is 2. The first kappa shape index (κ1) is 22.6. The molecule has 1 N–H and O–H groups in total. The van der Waals surface area contributed by atoms with E-state index >= 15 is 0 Å². The minimum atomic E-state index is -0.560. The maximum absolute atomic E-state index is 13.5. The number of ether oxygens (including phenoxy) is 1. The number of hydrogen-bond donors (Lipinski definition) is 1. The van der Waals surface area contributed by atoms with Crippen LogP contribution in [0.4, 0.5) is 5.69 Å². The number of nitriles is 1. The van der Waals surface area contributed by atoms with Crippen LogP contribution in [0.2, 0.25) is 0 Å². The standard InChI is InChI=1S/C27H29N3O3/c1-33-22-13-11-21(12-14-22)29-25(31)23-9-5-6-10-24(23)26(32)30-17-15-27(19-28,16-18-30)20-7-3-2-4-8-20/h2-8,11-14,23-24H,9-10,15-18H2,1H3,(H,29,31). The number of carbonyl (C=O) groups excluding carboxylic acids is 2. The van der Waals surface area contributed by atoms with Crippen molar-refractivity contribution >= 4 is 17.5 Å². The van der Waals surface area contributed by atoms with Crippen molar-refractivity contribution < 1.29 is 14.3 Å². The minimum Gasteiger partial charge on any atom is -0.497 e. The average molecular weight is 444 g/mol. The largest absolute Gasteiger partial charge is 0.497 e. The molecule has 2 amide bonds. The van der Waals surface area contributed by atoms with E-state index in [-0.39, 0.29) is 17.7 Å². The van der Waals surface area contributed by atoms with E-state index in [1.807, 2.05) is 47.4 Å². The highest BCUT2D eigenvalue weighted by Gasteiger charge is 2.41. The number of methoxy groups -OCH3 is 1. The lowest BCUT2D eigenvalue weighted by molar-refractivity contribution is -0.142. The molecule has 1 fully saturated rings. The lowest BCUT2D eigenvalue weighted by atomic mass is 9.73. The predicted octanol–water partition coefficient (Wildman–Crippen LogP) is 4.30. The van der Waals surface area contributed by atoms with E-state index in [1.165, 1.54) is 0 Å². The quantitative estimate of drug-likeness (QED) is 0.699. The van der Waals surface area contributed by atoms with Crippen molar-refractivity contribution in [3.8, 4) is 11.8 Å². The van der Waals surface area contributed by atoms with E-state index in [0.717, 1.165) is 11.3 Å². The van der Waals surface area contributed by atoms with E-state index in [0.29, 0.717) is 44.5 Å². The lowest BCUT2D eigenvalue weighted by Crippen LogP contribution is -2.49. The number of piperidine rings is 1. The van der Waals surface area contributed by atoms with Gasteiger partial charge in [-0.3, -0.25) is 9.59 Å². The number of benzene rings is 2. The molecule has 0 spiro atoms. The number of nitrogens with one attached hydrogen (secondary N) is 1. The van der Waals surface area contributed by atoms with Gasteiger partial charge in [0.05, 0.1) is 30.4 Å². The van der Waals surface area contributed by atoms with E-state index in [2.05, 4.69) is 11.4 Å². The number of rotatable bonds is 5. The van der Waals surface area contributed by atoms with Gasteiger partial charge < -0.3 is 15.0 Å². The number of likely N-dealkylation sites (tertiary alicyclic amines) is 1. The van der Waals surface area contributed by atoms with Gasteiger partial charge in [0, 0.05) is 18.8 Å². The predicted molar refractivity (Wildman–Crippen MR) is 127 cm³/mol. The molecule has 1 heterocycles. The van der Waals surface area contributed by atoms with Crippen molar-refractivity contribution in [1.29, 1.82) is 5.26 Å². The summed E-state index contributed by atoms with van der Waals surface area (Å²) in [4.78, 5) is 28.4. The SMILES string of the molecule is COc1ccc(NC(=O)C2CC=CCC2C(=O)N2CCC(C#N)(c3ccccc3)CC2)cc1. The van der Waals surface area contributed by atoms with Gasteiger partial charge in [-0.15, -0.1) is 0 Å². The normalized spacial score (nSPS) is 21.6. The minimum absolute atomic E-state index is 0.00818. The molecular formula is C27H29N3O3. The van der Waals surface area contributed by atoms with Gasteiger partial charge in [0.1, 0.15) is 5.75 Å². The molecule has 2 aromatic carbocycles. The van der Waals surface area contributed by atoms with Gasteiger partial charge in [-0.05, 0) is 55.5 Å². The Morgan fingerprint density at radius 3 is 2.24 bits per heavy atom. The molecule has 170 valence electrons. The van der Waals surface area contributed by atoms with Gasteiger partial charge in [-0.1, -0.05) is 42.5 Å². The topological polar surface area (TPSA) is 82.4 Å². The fraction of sp³-hybridized carbons (Fsp3) is 0.370. The van der Waals surface area contributed by atoms with Crippen LogP contribution in [0.15, 0.2) is 66.7 Å². The Labute approximate surface area is 194 Å². The van der Waals surface area contributed by atoms with Gasteiger partial charge in [-0.25, -0.2) is 0 Å². The monoisotopic (exact) mass is 443 g/mol. The highest BCUT2D eigenvalue weighted by atomic mass is 16.5. The summed E-state index contributed by atoms with van der Waals surface area (Å²) in [6, 6.07) is 19.5. The van der Waals surface area contributed by atoms with Gasteiger partial charge in [-0.2, -0.15) is 5.26 Å². The molecule has 6 nitrogen and oxygen atoms in total. The Morgan fingerprint density at radius 1 is 1.00 bits per heavy atom. The molecule has 0 bridgehead atoms. The molecule has 6 heteroatoms. The Kier molecular flexibility index (Phi) is 6.79. The molecule has 2 unspecified atom stereocenters. The summed E-state index contributed by atoms with van der Waals surface area (Å²) in [5, 5.41) is 12.9. The van der Waals surface area contributed by atoms with Crippen molar-refractivity contribution in [3.05, 3.63) is 72.3 Å². The van der Waals surface area contributed by atoms with Crippen LogP contribution < -0.4 is 10.1 Å². The van der Waals surface area contributed by atoms with Crippen molar-refractivity contribution in [2.24, 2.45) is 11.8 Å². The molecule has 2 atom stereocenters. The van der Waals surface area contributed by atoms with Gasteiger partial charge in [0.25, 0.3) is 0 Å². The summed E-state index contributed by atoms with van der Waals surface area (Å²) < 4.78 is 5.16. The number of hydrogen-bond acceptors (Lipinski definition) is 4. The Balaban J connectivity index is 1.43. The van der Waals surface area contributed by atoms with Crippen LogP contribution in [0, 0.1) is 23.2 Å². The molecule has 1 aliphatic carbocycles. The average Bonchev–Trinajstić information content (AvgIpc) is 2.89. The summed E-state index contributed by atoms with van der Waals surface area (Å²) in [6.45, 7) is 1.04. The van der Waals surface area contributed by atoms with Crippen molar-refractivity contribution in [2.75, 3.05) is 25.5 Å². The smallest absolute Gasteiger partial charge is 0.228 e. The fourth-order valence-corrected chi connectivity index (χ4v) is 4.85. The first-order valence-corrected chi connectivity index (χ1v) is 11.4. The van der Waals surface area contributed by atoms with Gasteiger partial charge >= 0.3 is 0 Å². The molecule has 2 aromatic rings. The van der Waals surface area contributed by atoms with Crippen LogP contribution in [0.25, 0.3) is 0 Å². The number of amides is 2. The van der Waals surface area contributed by atoms with Gasteiger partial charge in [0.2, 0.25) is 11.8 Å². The number of carbonyl (C=O) groups is 2. The van der Waals surface area contributed by atoms with Gasteiger partial charge in [0.15, 0.2) is 0 Å². The zero-order chi connectivity index (χ0) is 23.3. The molecular weight excluding hydrogens is 414 g/mol. The fourth-order valence-electron chi connectivity index (χ4n) is 4.85. The summed E-state index contributed by atoms with van der Waals surface area (Å²) in [7, 11) is 1.60. The molecule has 0 aromatic heterocycles. The highest BCUT2D eigenvalue weighted by Crippen LogP contribution is 2.37. The summed E-state index contributed by atoms with van der Waals surface area (Å²) in [5.74, 6) is -0.221. The van der Waals surface area contributed by atoms with Crippen LogP contribution in [0.1, 0.15) is 31.2 Å². The third-order valence-electron chi connectivity index (χ3n) is 6.91. The summed E-state index contributed by atoms with van der Waals surface area (Å²) >= 11 is 0. The molecule has 0 saturated carbocycles. The van der Waals surface area contributed by atoms with Crippen molar-refractivity contribution in [3.63, 3.8) is 0 Å². The van der Waals surface area contributed by atoms with E-state index in [9.17, 15) is 14.9 Å². The highest BCUT2D eigenvalue weighted by molar-refractivity contribution is 5.96. The Bertz CT molecular complexity index is 1050. The van der Waals surface area contributed by atoms with Crippen molar-refractivity contribution in [2.45, 2.75) is 31.1 Å². The Morgan fingerprint density at radius 2 is 1.64 bits per heavy atom. The summed E-state index contributed by atoms with van der Waals surface area (Å²) in [5.41, 5.74) is 1.13. The van der Waals surface area contributed by atoms with Crippen LogP contribution in [-0.4, -0.2) is 36.9 Å². The maximum atomic E-state index is 13.5. The van der Waals surface area contributed by atoms with Crippen LogP contribution in [-0.2, 0) is 15.0 Å². The second-order valence-electron chi connectivity index (χ2n) is 8.76. The number of nitrogens with zero attached hydrogens (tertiary/aromatic N) is 2. The zero-order valence-corrected chi connectivity index (χ0v) is 18.9. The first-order chi connectivity index (χ1) is 16.1. The molecule has 2 aliphatic rings. The van der Waals surface area contributed by atoms with Crippen LogP contribution in [0.5, 0.6) is 5.75 Å². The second kappa shape index (κ2) is 9.91. The Hall–Kier alpha value is -3.59. The van der Waals surface area contributed by atoms with Crippen LogP contribution >= 0.6 is 0 Å². The molecule has 1 saturated heterocycles. The molecule has 4 rings (SSSR count). The van der Waals surface area contributed by atoms with E-state index in [1.54, 1.807) is 31.4 Å². The molecule has 33 heavy (non-hydrogen) atoms. The third-order valence-corrected chi connectivity index (χ3v) is 6.91. The second-order valence-corrected chi connectivity index (χ2v) is 8.76. The third kappa shape index (κ3) is 4.78.